The lowest BCUT2D eigenvalue weighted by Crippen LogP contribution is -2.12. The van der Waals surface area contributed by atoms with E-state index in [-0.39, 0.29) is 5.41 Å². The normalized spacial score (nSPS) is 14.8. The maximum absolute atomic E-state index is 10.6. The minimum atomic E-state index is -0.378. The van der Waals surface area contributed by atoms with Gasteiger partial charge in [0.15, 0.2) is 0 Å². The molecule has 1 atom stereocenters. The molecule has 11 heavy (non-hydrogen) atoms. The van der Waals surface area contributed by atoms with Gasteiger partial charge in [0.25, 0.3) is 0 Å². The molecular weight excluding hydrogens is 136 g/mol. The second kappa shape index (κ2) is 4.12. The Morgan fingerprint density at radius 2 is 2.09 bits per heavy atom. The zero-order chi connectivity index (χ0) is 8.91. The van der Waals surface area contributed by atoms with E-state index in [0.717, 1.165) is 12.7 Å². The van der Waals surface area contributed by atoms with E-state index in [1.165, 1.54) is 5.57 Å². The summed E-state index contributed by atoms with van der Waals surface area (Å²) >= 11 is 0. The van der Waals surface area contributed by atoms with Gasteiger partial charge in [-0.15, -0.1) is 6.58 Å². The molecule has 0 aromatic heterocycles. The summed E-state index contributed by atoms with van der Waals surface area (Å²) in [6.45, 7) is 9.55. The Bertz CT molecular complexity index is 165. The van der Waals surface area contributed by atoms with Crippen LogP contribution in [0.2, 0.25) is 0 Å². The Labute approximate surface area is 68.8 Å². The Morgan fingerprint density at radius 3 is 2.36 bits per heavy atom. The van der Waals surface area contributed by atoms with Crippen LogP contribution in [0, 0.1) is 5.41 Å². The second-order valence-corrected chi connectivity index (χ2v) is 3.31. The van der Waals surface area contributed by atoms with Crippen molar-refractivity contribution in [3.05, 3.63) is 24.3 Å². The van der Waals surface area contributed by atoms with Crippen LogP contribution >= 0.6 is 0 Å². The predicted octanol–water partition coefficient (Wildman–Crippen LogP) is 2.73. The van der Waals surface area contributed by atoms with E-state index in [0.29, 0.717) is 0 Å². The smallest absolute Gasteiger partial charge is 0.129 e. The van der Waals surface area contributed by atoms with Gasteiger partial charge in [-0.3, -0.25) is 0 Å². The molecule has 62 valence electrons. The standard InChI is InChI=1S/C10H16O/c1-5-10(4,8-11)7-6-9(2)3/h5-6,8H,1,7H2,2-4H3. The summed E-state index contributed by atoms with van der Waals surface area (Å²) < 4.78 is 0. The van der Waals surface area contributed by atoms with E-state index in [9.17, 15) is 4.79 Å². The predicted molar refractivity (Wildman–Crippen MR) is 48.4 cm³/mol. The first kappa shape index (κ1) is 10.2. The molecule has 0 N–H and O–H groups in total. The summed E-state index contributed by atoms with van der Waals surface area (Å²) in [5, 5.41) is 0. The van der Waals surface area contributed by atoms with Crippen molar-refractivity contribution in [2.45, 2.75) is 27.2 Å². The van der Waals surface area contributed by atoms with Crippen molar-refractivity contribution in [1.29, 1.82) is 0 Å². The van der Waals surface area contributed by atoms with E-state index >= 15 is 0 Å². The van der Waals surface area contributed by atoms with Crippen molar-refractivity contribution in [2.75, 3.05) is 0 Å². The van der Waals surface area contributed by atoms with Crippen molar-refractivity contribution >= 4 is 6.29 Å². The molecule has 0 rings (SSSR count). The van der Waals surface area contributed by atoms with Gasteiger partial charge in [-0.05, 0) is 27.2 Å². The molecular formula is C10H16O. The zero-order valence-electron chi connectivity index (χ0n) is 7.55. The summed E-state index contributed by atoms with van der Waals surface area (Å²) in [7, 11) is 0. The van der Waals surface area contributed by atoms with E-state index in [4.69, 9.17) is 0 Å². The van der Waals surface area contributed by atoms with Crippen LogP contribution in [-0.2, 0) is 4.79 Å². The molecule has 0 saturated carbocycles. The minimum absolute atomic E-state index is 0.378. The monoisotopic (exact) mass is 152 g/mol. The van der Waals surface area contributed by atoms with Gasteiger partial charge < -0.3 is 4.79 Å². The number of hydrogen-bond donors (Lipinski definition) is 0. The van der Waals surface area contributed by atoms with Gasteiger partial charge in [-0.2, -0.15) is 0 Å². The lowest BCUT2D eigenvalue weighted by Gasteiger charge is -2.14. The number of aldehydes is 1. The van der Waals surface area contributed by atoms with Crippen molar-refractivity contribution in [2.24, 2.45) is 5.41 Å². The SMILES string of the molecule is C=CC(C)(C=O)CC=C(C)C. The third-order valence-electron chi connectivity index (χ3n) is 1.69. The lowest BCUT2D eigenvalue weighted by molar-refractivity contribution is -0.113. The maximum Gasteiger partial charge on any atom is 0.129 e. The third-order valence-corrected chi connectivity index (χ3v) is 1.69. The Hall–Kier alpha value is -0.850. The molecule has 0 bridgehead atoms. The van der Waals surface area contributed by atoms with Crippen LogP contribution in [0.15, 0.2) is 24.3 Å². The van der Waals surface area contributed by atoms with Crippen molar-refractivity contribution < 1.29 is 4.79 Å². The quantitative estimate of drug-likeness (QED) is 0.447. The third kappa shape index (κ3) is 3.76. The molecule has 0 heterocycles. The fourth-order valence-corrected chi connectivity index (χ4v) is 0.604. The first-order valence-corrected chi connectivity index (χ1v) is 3.77. The highest BCUT2D eigenvalue weighted by atomic mass is 16.1. The van der Waals surface area contributed by atoms with Gasteiger partial charge in [-0.1, -0.05) is 17.7 Å². The van der Waals surface area contributed by atoms with Crippen LogP contribution < -0.4 is 0 Å². The van der Waals surface area contributed by atoms with Gasteiger partial charge in [0.05, 0.1) is 0 Å². The molecule has 1 unspecified atom stereocenters. The van der Waals surface area contributed by atoms with E-state index in [1.807, 2.05) is 20.8 Å². The summed E-state index contributed by atoms with van der Waals surface area (Å²) in [6, 6.07) is 0. The second-order valence-electron chi connectivity index (χ2n) is 3.31. The lowest BCUT2D eigenvalue weighted by atomic mass is 9.88. The number of carbonyl (C=O) groups is 1. The molecule has 0 aliphatic heterocycles. The molecule has 0 spiro atoms. The van der Waals surface area contributed by atoms with E-state index in [2.05, 4.69) is 12.7 Å². The number of rotatable bonds is 4. The minimum Gasteiger partial charge on any atom is -0.302 e. The number of allylic oxidation sites excluding steroid dienone is 3. The van der Waals surface area contributed by atoms with Crippen LogP contribution in [0.1, 0.15) is 27.2 Å². The van der Waals surface area contributed by atoms with E-state index in [1.54, 1.807) is 6.08 Å². The molecule has 0 aliphatic carbocycles. The summed E-state index contributed by atoms with van der Waals surface area (Å²) in [5.74, 6) is 0. The average molecular weight is 152 g/mol. The molecule has 0 aromatic rings. The topological polar surface area (TPSA) is 17.1 Å². The van der Waals surface area contributed by atoms with Gasteiger partial charge in [-0.25, -0.2) is 0 Å². The zero-order valence-corrected chi connectivity index (χ0v) is 7.55. The highest BCUT2D eigenvalue weighted by molar-refractivity contribution is 5.62. The van der Waals surface area contributed by atoms with Crippen molar-refractivity contribution in [3.63, 3.8) is 0 Å². The molecule has 0 fully saturated rings. The van der Waals surface area contributed by atoms with Crippen LogP contribution in [0.25, 0.3) is 0 Å². The molecule has 0 aromatic carbocycles. The van der Waals surface area contributed by atoms with Crippen molar-refractivity contribution in [1.82, 2.24) is 0 Å². The molecule has 0 radical (unpaired) electrons. The fourth-order valence-electron chi connectivity index (χ4n) is 0.604. The molecule has 1 nitrogen and oxygen atoms in total. The summed E-state index contributed by atoms with van der Waals surface area (Å²) in [6.07, 6.45) is 5.44. The molecule has 0 aliphatic rings. The van der Waals surface area contributed by atoms with Gasteiger partial charge in [0, 0.05) is 5.41 Å². The van der Waals surface area contributed by atoms with E-state index < -0.39 is 0 Å². The van der Waals surface area contributed by atoms with Gasteiger partial charge in [0.2, 0.25) is 0 Å². The van der Waals surface area contributed by atoms with Crippen molar-refractivity contribution in [3.8, 4) is 0 Å². The highest BCUT2D eigenvalue weighted by Crippen LogP contribution is 2.20. The number of carbonyl (C=O) groups excluding carboxylic acids is 1. The van der Waals surface area contributed by atoms with Gasteiger partial charge in [0.1, 0.15) is 6.29 Å². The number of hydrogen-bond acceptors (Lipinski definition) is 1. The molecule has 0 saturated heterocycles. The Kier molecular flexibility index (Phi) is 3.80. The van der Waals surface area contributed by atoms with Crippen LogP contribution in [0.5, 0.6) is 0 Å². The maximum atomic E-state index is 10.6. The average Bonchev–Trinajstić information content (AvgIpc) is 2.00. The largest absolute Gasteiger partial charge is 0.302 e. The fraction of sp³-hybridized carbons (Fsp3) is 0.500. The summed E-state index contributed by atoms with van der Waals surface area (Å²) in [4.78, 5) is 10.6. The summed E-state index contributed by atoms with van der Waals surface area (Å²) in [5.41, 5.74) is 0.858. The highest BCUT2D eigenvalue weighted by Gasteiger charge is 2.16. The Morgan fingerprint density at radius 1 is 1.55 bits per heavy atom. The van der Waals surface area contributed by atoms with Crippen LogP contribution in [0.4, 0.5) is 0 Å². The van der Waals surface area contributed by atoms with Gasteiger partial charge >= 0.3 is 0 Å². The first-order valence-electron chi connectivity index (χ1n) is 3.77. The molecule has 1 heteroatoms. The Balaban J connectivity index is 4.20. The van der Waals surface area contributed by atoms with Crippen LogP contribution in [-0.4, -0.2) is 6.29 Å². The molecule has 0 amide bonds. The van der Waals surface area contributed by atoms with Crippen LogP contribution in [0.3, 0.4) is 0 Å². The first-order chi connectivity index (χ1) is 5.04.